The molecule has 26 heavy (non-hydrogen) atoms. The van der Waals surface area contributed by atoms with E-state index in [0.717, 1.165) is 0 Å². The van der Waals surface area contributed by atoms with Crippen LogP contribution in [0.5, 0.6) is 5.75 Å². The third-order valence-corrected chi connectivity index (χ3v) is 5.24. The third-order valence-electron chi connectivity index (χ3n) is 4.65. The fourth-order valence-corrected chi connectivity index (χ4v) is 3.93. The van der Waals surface area contributed by atoms with Crippen LogP contribution in [0.15, 0.2) is 41.0 Å². The average Bonchev–Trinajstić information content (AvgIpc) is 3.04. The lowest BCUT2D eigenvalue weighted by molar-refractivity contribution is -0.0506. The van der Waals surface area contributed by atoms with E-state index in [2.05, 4.69) is 25.7 Å². The highest BCUT2D eigenvalue weighted by Gasteiger charge is 2.44. The summed E-state index contributed by atoms with van der Waals surface area (Å²) in [6.07, 6.45) is 1.79. The van der Waals surface area contributed by atoms with Crippen molar-refractivity contribution in [3.05, 3.63) is 63.8 Å². The first-order chi connectivity index (χ1) is 12.3. The van der Waals surface area contributed by atoms with E-state index in [9.17, 15) is 18.3 Å². The first-order valence-electron chi connectivity index (χ1n) is 7.91. The largest absolute Gasteiger partial charge is 0.435 e. The molecule has 0 saturated carbocycles. The number of halogens is 4. The minimum Gasteiger partial charge on any atom is -0.435 e. The van der Waals surface area contributed by atoms with Crippen LogP contribution in [0.3, 0.4) is 0 Å². The quantitative estimate of drug-likeness (QED) is 0.666. The van der Waals surface area contributed by atoms with E-state index in [0.29, 0.717) is 22.6 Å². The predicted octanol–water partition coefficient (Wildman–Crippen LogP) is 4.58. The van der Waals surface area contributed by atoms with E-state index in [1.807, 2.05) is 0 Å². The second kappa shape index (κ2) is 5.99. The van der Waals surface area contributed by atoms with Gasteiger partial charge in [0.1, 0.15) is 22.8 Å². The zero-order chi connectivity index (χ0) is 18.6. The van der Waals surface area contributed by atoms with Gasteiger partial charge in [-0.25, -0.2) is 9.37 Å². The number of pyridine rings is 1. The van der Waals surface area contributed by atoms with E-state index in [1.54, 1.807) is 29.5 Å². The maximum absolute atomic E-state index is 13.9. The summed E-state index contributed by atoms with van der Waals surface area (Å²) in [4.78, 5) is 4.38. The van der Waals surface area contributed by atoms with Gasteiger partial charge in [0.25, 0.3) is 0 Å². The average molecular weight is 427 g/mol. The first-order valence-corrected chi connectivity index (χ1v) is 8.71. The molecule has 0 bridgehead atoms. The molecular weight excluding hydrogens is 413 g/mol. The molecule has 1 N–H and O–H groups in total. The van der Waals surface area contributed by atoms with Gasteiger partial charge in [0.2, 0.25) is 0 Å². The zero-order valence-corrected chi connectivity index (χ0v) is 15.2. The van der Waals surface area contributed by atoms with Crippen LogP contribution in [0, 0.1) is 5.82 Å². The number of hydrogen-bond acceptors (Lipinski definition) is 3. The number of hydrogen-bond donors (Lipinski definition) is 1. The molecule has 1 aliphatic rings. The van der Waals surface area contributed by atoms with E-state index in [-0.39, 0.29) is 16.6 Å². The van der Waals surface area contributed by atoms with Crippen LogP contribution in [0.1, 0.15) is 36.2 Å². The van der Waals surface area contributed by atoms with Crippen LogP contribution in [-0.2, 0) is 5.60 Å². The Morgan fingerprint density at radius 1 is 1.38 bits per heavy atom. The van der Waals surface area contributed by atoms with Gasteiger partial charge in [0.15, 0.2) is 0 Å². The lowest BCUT2D eigenvalue weighted by Gasteiger charge is -2.20. The Bertz CT molecular complexity index is 1000. The van der Waals surface area contributed by atoms with Gasteiger partial charge in [0, 0.05) is 23.7 Å². The SMILES string of the molecule is CC1(O)CC(c2ccccc2OC(F)F)c2c1nc1cc(F)c(Br)cn21. The van der Waals surface area contributed by atoms with E-state index in [1.165, 1.54) is 18.3 Å². The van der Waals surface area contributed by atoms with Crippen molar-refractivity contribution in [2.75, 3.05) is 0 Å². The normalized spacial score (nSPS) is 22.2. The molecule has 136 valence electrons. The molecule has 2 unspecified atom stereocenters. The van der Waals surface area contributed by atoms with Crippen LogP contribution in [0.4, 0.5) is 13.2 Å². The summed E-state index contributed by atoms with van der Waals surface area (Å²) in [5.74, 6) is -0.853. The summed E-state index contributed by atoms with van der Waals surface area (Å²) in [6, 6.07) is 7.74. The molecule has 4 rings (SSSR count). The van der Waals surface area contributed by atoms with Crippen molar-refractivity contribution in [1.29, 1.82) is 0 Å². The second-order valence-electron chi connectivity index (χ2n) is 6.49. The van der Waals surface area contributed by atoms with Crippen LogP contribution >= 0.6 is 15.9 Å². The number of benzene rings is 1. The van der Waals surface area contributed by atoms with Crippen molar-refractivity contribution in [1.82, 2.24) is 9.38 Å². The Hall–Kier alpha value is -2.06. The van der Waals surface area contributed by atoms with Crippen molar-refractivity contribution in [3.8, 4) is 5.75 Å². The number of para-hydroxylation sites is 1. The number of aromatic nitrogens is 2. The Morgan fingerprint density at radius 3 is 2.85 bits per heavy atom. The van der Waals surface area contributed by atoms with Crippen LogP contribution < -0.4 is 4.74 Å². The number of nitrogens with zero attached hydrogens (tertiary/aromatic N) is 2. The van der Waals surface area contributed by atoms with E-state index >= 15 is 0 Å². The molecule has 0 aliphatic heterocycles. The minimum absolute atomic E-state index is 0.0484. The minimum atomic E-state index is -2.96. The highest BCUT2D eigenvalue weighted by Crippen LogP contribution is 2.49. The number of aliphatic hydroxyl groups is 1. The summed E-state index contributed by atoms with van der Waals surface area (Å²) < 4.78 is 46.0. The summed E-state index contributed by atoms with van der Waals surface area (Å²) in [5.41, 5.74) is 0.636. The standard InChI is InChI=1S/C18H14BrF3N2O2/c1-18(25)7-10(9-4-2-3-5-13(9)26-17(21)22)15-16(18)23-14-6-12(20)11(19)8-24(14)15/h2-6,8,10,17,25H,7H2,1H3. The van der Waals surface area contributed by atoms with Gasteiger partial charge in [-0.05, 0) is 35.3 Å². The molecule has 3 aromatic rings. The van der Waals surface area contributed by atoms with Crippen LogP contribution in [0.2, 0.25) is 0 Å². The highest BCUT2D eigenvalue weighted by molar-refractivity contribution is 9.10. The van der Waals surface area contributed by atoms with Gasteiger partial charge >= 0.3 is 6.61 Å². The van der Waals surface area contributed by atoms with Crippen molar-refractivity contribution >= 4 is 21.6 Å². The van der Waals surface area contributed by atoms with Crippen LogP contribution in [0.25, 0.3) is 5.65 Å². The zero-order valence-electron chi connectivity index (χ0n) is 13.6. The van der Waals surface area contributed by atoms with Gasteiger partial charge in [-0.1, -0.05) is 18.2 Å². The Morgan fingerprint density at radius 2 is 2.12 bits per heavy atom. The molecule has 2 atom stereocenters. The number of ether oxygens (including phenoxy) is 1. The molecule has 0 fully saturated rings. The Labute approximate surface area is 155 Å². The number of fused-ring (bicyclic) bond motifs is 3. The van der Waals surface area contributed by atoms with Gasteiger partial charge in [0.05, 0.1) is 15.9 Å². The molecule has 2 aromatic heterocycles. The maximum atomic E-state index is 13.9. The van der Waals surface area contributed by atoms with Crippen molar-refractivity contribution in [2.24, 2.45) is 0 Å². The highest BCUT2D eigenvalue weighted by atomic mass is 79.9. The number of alkyl halides is 2. The summed E-state index contributed by atoms with van der Waals surface area (Å²) in [6.45, 7) is -1.34. The molecule has 0 radical (unpaired) electrons. The molecule has 4 nitrogen and oxygen atoms in total. The second-order valence-corrected chi connectivity index (χ2v) is 7.34. The molecule has 1 aromatic carbocycles. The summed E-state index contributed by atoms with van der Waals surface area (Å²) in [7, 11) is 0. The fourth-order valence-electron chi connectivity index (χ4n) is 3.61. The maximum Gasteiger partial charge on any atom is 0.387 e. The Balaban J connectivity index is 1.94. The first kappa shape index (κ1) is 17.4. The lowest BCUT2D eigenvalue weighted by Crippen LogP contribution is -2.18. The molecular formula is C18H14BrF3N2O2. The molecule has 1 aliphatic carbocycles. The number of imidazole rings is 1. The smallest absolute Gasteiger partial charge is 0.387 e. The third kappa shape index (κ3) is 2.68. The summed E-state index contributed by atoms with van der Waals surface area (Å²) in [5, 5.41) is 10.8. The van der Waals surface area contributed by atoms with Gasteiger partial charge in [-0.15, -0.1) is 0 Å². The topological polar surface area (TPSA) is 46.8 Å². The summed E-state index contributed by atoms with van der Waals surface area (Å²) >= 11 is 3.15. The van der Waals surface area contributed by atoms with Crippen molar-refractivity contribution < 1.29 is 23.0 Å². The molecule has 8 heteroatoms. The van der Waals surface area contributed by atoms with E-state index in [4.69, 9.17) is 0 Å². The van der Waals surface area contributed by atoms with E-state index < -0.39 is 23.9 Å². The van der Waals surface area contributed by atoms with Crippen molar-refractivity contribution in [2.45, 2.75) is 31.5 Å². The van der Waals surface area contributed by atoms with Crippen molar-refractivity contribution in [3.63, 3.8) is 0 Å². The molecule has 0 amide bonds. The lowest BCUT2D eigenvalue weighted by atomic mass is 9.93. The van der Waals surface area contributed by atoms with Crippen LogP contribution in [-0.4, -0.2) is 21.1 Å². The van der Waals surface area contributed by atoms with Gasteiger partial charge in [-0.2, -0.15) is 8.78 Å². The molecule has 2 heterocycles. The van der Waals surface area contributed by atoms with Gasteiger partial charge < -0.3 is 14.2 Å². The fraction of sp³-hybridized carbons (Fsp3) is 0.278. The Kier molecular flexibility index (Phi) is 4.00. The molecule has 0 spiro atoms. The number of rotatable bonds is 3. The molecule has 0 saturated heterocycles. The monoisotopic (exact) mass is 426 g/mol. The van der Waals surface area contributed by atoms with Gasteiger partial charge in [-0.3, -0.25) is 0 Å². The predicted molar refractivity (Wildman–Crippen MR) is 92.0 cm³/mol.